The van der Waals surface area contributed by atoms with Crippen LogP contribution in [0.25, 0.3) is 0 Å². The summed E-state index contributed by atoms with van der Waals surface area (Å²) in [7, 11) is 0. The van der Waals surface area contributed by atoms with Crippen LogP contribution >= 0.6 is 39.9 Å². The number of halogens is 2. The first-order valence-electron chi connectivity index (χ1n) is 6.96. The van der Waals surface area contributed by atoms with E-state index in [0.29, 0.717) is 0 Å². The van der Waals surface area contributed by atoms with Crippen LogP contribution in [0.4, 0.5) is 0 Å². The molecule has 20 heavy (non-hydrogen) atoms. The van der Waals surface area contributed by atoms with E-state index >= 15 is 0 Å². The van der Waals surface area contributed by atoms with Gasteiger partial charge in [-0.25, -0.2) is 4.99 Å². The minimum atomic E-state index is 0. The molecule has 5 heteroatoms. The van der Waals surface area contributed by atoms with Crippen LogP contribution in [0.3, 0.4) is 0 Å². The molecule has 0 amide bonds. The number of benzene rings is 1. The van der Waals surface area contributed by atoms with Gasteiger partial charge >= 0.3 is 0 Å². The molecule has 1 aromatic rings. The zero-order chi connectivity index (χ0) is 13.7. The van der Waals surface area contributed by atoms with Gasteiger partial charge in [-0.2, -0.15) is 0 Å². The monoisotopic (exact) mass is 451 g/mol. The van der Waals surface area contributed by atoms with Crippen molar-refractivity contribution in [3.8, 4) is 0 Å². The molecule has 0 bridgehead atoms. The van der Waals surface area contributed by atoms with Crippen molar-refractivity contribution in [3.63, 3.8) is 0 Å². The molecule has 1 saturated carbocycles. The second-order valence-electron chi connectivity index (χ2n) is 5.09. The molecule has 0 heterocycles. The Morgan fingerprint density at radius 3 is 2.70 bits per heavy atom. The SMILES string of the molecule is CCNC(=NCc1ccc(Br)cc1C)NCC1CC1.I. The molecule has 0 spiro atoms. The molecule has 0 aliphatic heterocycles. The van der Waals surface area contributed by atoms with Crippen molar-refractivity contribution in [2.75, 3.05) is 13.1 Å². The molecule has 1 aliphatic rings. The first kappa shape index (κ1) is 17.8. The summed E-state index contributed by atoms with van der Waals surface area (Å²) < 4.78 is 1.12. The molecule has 0 unspecified atom stereocenters. The van der Waals surface area contributed by atoms with Crippen LogP contribution in [0.15, 0.2) is 27.7 Å². The first-order valence-corrected chi connectivity index (χ1v) is 7.75. The number of hydrogen-bond acceptors (Lipinski definition) is 1. The van der Waals surface area contributed by atoms with Crippen molar-refractivity contribution in [1.82, 2.24) is 10.6 Å². The van der Waals surface area contributed by atoms with Gasteiger partial charge in [0.15, 0.2) is 5.96 Å². The molecule has 2 N–H and O–H groups in total. The number of hydrogen-bond donors (Lipinski definition) is 2. The highest BCUT2D eigenvalue weighted by atomic mass is 127. The molecule has 0 aromatic heterocycles. The molecule has 2 rings (SSSR count). The van der Waals surface area contributed by atoms with E-state index in [9.17, 15) is 0 Å². The minimum absolute atomic E-state index is 0. The van der Waals surface area contributed by atoms with E-state index in [2.05, 4.69) is 63.6 Å². The highest BCUT2D eigenvalue weighted by Crippen LogP contribution is 2.27. The van der Waals surface area contributed by atoms with Crippen LogP contribution in [0.2, 0.25) is 0 Å². The summed E-state index contributed by atoms with van der Waals surface area (Å²) in [6.07, 6.45) is 2.72. The van der Waals surface area contributed by atoms with Gasteiger partial charge in [0.2, 0.25) is 0 Å². The Hall–Kier alpha value is -0.300. The highest BCUT2D eigenvalue weighted by Gasteiger charge is 2.20. The van der Waals surface area contributed by atoms with E-state index in [0.717, 1.165) is 36.0 Å². The number of rotatable bonds is 5. The maximum Gasteiger partial charge on any atom is 0.191 e. The average Bonchev–Trinajstić information content (AvgIpc) is 3.18. The third-order valence-corrected chi connectivity index (χ3v) is 3.80. The Morgan fingerprint density at radius 1 is 1.35 bits per heavy atom. The van der Waals surface area contributed by atoms with Gasteiger partial charge in [-0.3, -0.25) is 0 Å². The quantitative estimate of drug-likeness (QED) is 0.405. The molecule has 0 radical (unpaired) electrons. The number of nitrogens with one attached hydrogen (secondary N) is 2. The van der Waals surface area contributed by atoms with Crippen molar-refractivity contribution < 1.29 is 0 Å². The van der Waals surface area contributed by atoms with Crippen LogP contribution in [-0.2, 0) is 6.54 Å². The van der Waals surface area contributed by atoms with Crippen LogP contribution in [0.1, 0.15) is 30.9 Å². The van der Waals surface area contributed by atoms with Crippen molar-refractivity contribution in [2.45, 2.75) is 33.2 Å². The second-order valence-corrected chi connectivity index (χ2v) is 6.01. The Balaban J connectivity index is 0.00000200. The topological polar surface area (TPSA) is 36.4 Å². The molecule has 0 atom stereocenters. The third-order valence-electron chi connectivity index (χ3n) is 3.31. The molecule has 3 nitrogen and oxygen atoms in total. The fraction of sp³-hybridized carbons (Fsp3) is 0.533. The highest BCUT2D eigenvalue weighted by molar-refractivity contribution is 14.0. The fourth-order valence-corrected chi connectivity index (χ4v) is 2.38. The second kappa shape index (κ2) is 8.87. The predicted octanol–water partition coefficient (Wildman–Crippen LogP) is 3.84. The third kappa shape index (κ3) is 5.99. The van der Waals surface area contributed by atoms with Gasteiger partial charge in [-0.05, 0) is 55.9 Å². The van der Waals surface area contributed by atoms with Gasteiger partial charge in [0.05, 0.1) is 6.54 Å². The zero-order valence-corrected chi connectivity index (χ0v) is 16.0. The molecule has 1 aromatic carbocycles. The number of nitrogens with zero attached hydrogens (tertiary/aromatic N) is 1. The van der Waals surface area contributed by atoms with Gasteiger partial charge in [0.25, 0.3) is 0 Å². The summed E-state index contributed by atoms with van der Waals surface area (Å²) in [6.45, 7) is 6.89. The molecular weight excluding hydrogens is 429 g/mol. The van der Waals surface area contributed by atoms with Crippen LogP contribution in [-0.4, -0.2) is 19.0 Å². The molecule has 0 saturated heterocycles. The fourth-order valence-electron chi connectivity index (χ4n) is 1.91. The number of aliphatic imine (C=N–C) groups is 1. The molecular formula is C15H23BrIN3. The molecule has 1 fully saturated rings. The summed E-state index contributed by atoms with van der Waals surface area (Å²) in [4.78, 5) is 4.65. The van der Waals surface area contributed by atoms with E-state index in [1.54, 1.807) is 0 Å². The predicted molar refractivity (Wildman–Crippen MR) is 99.8 cm³/mol. The van der Waals surface area contributed by atoms with Gasteiger partial charge in [-0.15, -0.1) is 24.0 Å². The van der Waals surface area contributed by atoms with Gasteiger partial charge in [0, 0.05) is 17.6 Å². The van der Waals surface area contributed by atoms with E-state index in [1.807, 2.05) is 0 Å². The van der Waals surface area contributed by atoms with Crippen molar-refractivity contribution in [2.24, 2.45) is 10.9 Å². The molecule has 1 aliphatic carbocycles. The maximum atomic E-state index is 4.65. The Bertz CT molecular complexity index is 458. The average molecular weight is 452 g/mol. The number of aryl methyl sites for hydroxylation is 1. The zero-order valence-electron chi connectivity index (χ0n) is 12.1. The van der Waals surface area contributed by atoms with E-state index in [1.165, 1.54) is 24.0 Å². The van der Waals surface area contributed by atoms with Crippen LogP contribution < -0.4 is 10.6 Å². The Labute approximate surface area is 147 Å². The lowest BCUT2D eigenvalue weighted by Crippen LogP contribution is -2.38. The van der Waals surface area contributed by atoms with Crippen molar-refractivity contribution in [1.29, 1.82) is 0 Å². The number of guanidine groups is 1. The van der Waals surface area contributed by atoms with Crippen LogP contribution in [0, 0.1) is 12.8 Å². The van der Waals surface area contributed by atoms with Gasteiger partial charge in [-0.1, -0.05) is 22.0 Å². The lowest BCUT2D eigenvalue weighted by molar-refractivity contribution is 0.739. The van der Waals surface area contributed by atoms with Gasteiger partial charge in [0.1, 0.15) is 0 Å². The summed E-state index contributed by atoms with van der Waals surface area (Å²) in [5.74, 6) is 1.79. The van der Waals surface area contributed by atoms with E-state index < -0.39 is 0 Å². The van der Waals surface area contributed by atoms with Crippen molar-refractivity contribution in [3.05, 3.63) is 33.8 Å². The minimum Gasteiger partial charge on any atom is -0.357 e. The maximum absolute atomic E-state index is 4.65. The summed E-state index contributed by atoms with van der Waals surface area (Å²) >= 11 is 3.49. The lowest BCUT2D eigenvalue weighted by Gasteiger charge is -2.11. The smallest absolute Gasteiger partial charge is 0.191 e. The normalized spacial score (nSPS) is 14.7. The Kier molecular flexibility index (Phi) is 7.87. The summed E-state index contributed by atoms with van der Waals surface area (Å²) in [6, 6.07) is 6.34. The van der Waals surface area contributed by atoms with Gasteiger partial charge < -0.3 is 10.6 Å². The van der Waals surface area contributed by atoms with Crippen molar-refractivity contribution >= 4 is 45.9 Å². The van der Waals surface area contributed by atoms with Crippen LogP contribution in [0.5, 0.6) is 0 Å². The molecule has 112 valence electrons. The Morgan fingerprint density at radius 2 is 2.10 bits per heavy atom. The van der Waals surface area contributed by atoms with E-state index in [-0.39, 0.29) is 24.0 Å². The summed E-state index contributed by atoms with van der Waals surface area (Å²) in [5, 5.41) is 6.71. The van der Waals surface area contributed by atoms with E-state index in [4.69, 9.17) is 0 Å². The lowest BCUT2D eigenvalue weighted by atomic mass is 10.1. The largest absolute Gasteiger partial charge is 0.357 e. The standard InChI is InChI=1S/C15H22BrN3.HI/c1-3-17-15(18-9-12-4-5-12)19-10-13-6-7-14(16)8-11(13)2;/h6-8,12H,3-5,9-10H2,1-2H3,(H2,17,18,19);1H. The first-order chi connectivity index (χ1) is 9.19. The summed E-state index contributed by atoms with van der Waals surface area (Å²) in [5.41, 5.74) is 2.54.